The number of fused-ring (bicyclic) bond motifs is 1. The lowest BCUT2D eigenvalue weighted by Crippen LogP contribution is -1.99. The van der Waals surface area contributed by atoms with Gasteiger partial charge in [-0.3, -0.25) is 4.79 Å². The van der Waals surface area contributed by atoms with Crippen LogP contribution in [0.15, 0.2) is 24.4 Å². The van der Waals surface area contributed by atoms with Crippen LogP contribution in [0.5, 0.6) is 0 Å². The highest BCUT2D eigenvalue weighted by Crippen LogP contribution is 2.12. The van der Waals surface area contributed by atoms with Gasteiger partial charge in [0.25, 0.3) is 0 Å². The Morgan fingerprint density at radius 2 is 2.46 bits per heavy atom. The summed E-state index contributed by atoms with van der Waals surface area (Å²) in [5.41, 5.74) is 1.42. The first kappa shape index (κ1) is 7.79. The van der Waals surface area contributed by atoms with Crippen LogP contribution in [0, 0.1) is 0 Å². The largest absolute Gasteiger partial charge is 0.481 e. The first-order valence-electron chi connectivity index (χ1n) is 3.90. The van der Waals surface area contributed by atoms with Gasteiger partial charge in [0.15, 0.2) is 0 Å². The minimum Gasteiger partial charge on any atom is -0.481 e. The second kappa shape index (κ2) is 2.90. The molecular formula is C9H8N2O2. The van der Waals surface area contributed by atoms with Gasteiger partial charge in [-0.15, -0.1) is 0 Å². The number of carboxylic acids is 1. The van der Waals surface area contributed by atoms with E-state index in [2.05, 4.69) is 9.97 Å². The number of aromatic nitrogens is 2. The number of carbonyl (C=O) groups is 1. The zero-order valence-corrected chi connectivity index (χ0v) is 6.82. The molecule has 0 spiro atoms. The van der Waals surface area contributed by atoms with E-state index in [9.17, 15) is 4.79 Å². The Kier molecular flexibility index (Phi) is 1.73. The first-order valence-corrected chi connectivity index (χ1v) is 3.90. The maximum atomic E-state index is 10.4. The van der Waals surface area contributed by atoms with Gasteiger partial charge in [-0.2, -0.15) is 0 Å². The van der Waals surface area contributed by atoms with Crippen LogP contribution in [0.2, 0.25) is 0 Å². The zero-order chi connectivity index (χ0) is 9.26. The summed E-state index contributed by atoms with van der Waals surface area (Å²) >= 11 is 0. The molecule has 0 bridgehead atoms. The molecule has 2 aromatic heterocycles. The smallest absolute Gasteiger partial charge is 0.309 e. The first-order chi connectivity index (χ1) is 6.25. The summed E-state index contributed by atoms with van der Waals surface area (Å²) < 4.78 is 0. The van der Waals surface area contributed by atoms with E-state index >= 15 is 0 Å². The SMILES string of the molecule is O=C(O)Cc1cc2cccnc2[nH]1. The molecule has 4 nitrogen and oxygen atoms in total. The Hall–Kier alpha value is -1.84. The number of hydrogen-bond donors (Lipinski definition) is 2. The van der Waals surface area contributed by atoms with Crippen LogP contribution >= 0.6 is 0 Å². The van der Waals surface area contributed by atoms with E-state index in [0.29, 0.717) is 5.69 Å². The van der Waals surface area contributed by atoms with E-state index in [1.807, 2.05) is 12.1 Å². The topological polar surface area (TPSA) is 66.0 Å². The van der Waals surface area contributed by atoms with E-state index in [1.165, 1.54) is 0 Å². The Bertz CT molecular complexity index is 415. The average Bonchev–Trinajstić information content (AvgIpc) is 2.44. The van der Waals surface area contributed by atoms with Crippen LogP contribution in [-0.2, 0) is 11.2 Å². The minimum absolute atomic E-state index is 0.0103. The molecule has 0 aromatic carbocycles. The van der Waals surface area contributed by atoms with Gasteiger partial charge >= 0.3 is 5.97 Å². The molecule has 66 valence electrons. The molecule has 0 atom stereocenters. The number of rotatable bonds is 2. The lowest BCUT2D eigenvalue weighted by molar-refractivity contribution is -0.136. The Labute approximate surface area is 74.2 Å². The van der Waals surface area contributed by atoms with E-state index < -0.39 is 5.97 Å². The molecule has 2 aromatic rings. The molecule has 0 amide bonds. The van der Waals surface area contributed by atoms with Gasteiger partial charge in [-0.1, -0.05) is 0 Å². The molecule has 0 saturated carbocycles. The van der Waals surface area contributed by atoms with Crippen molar-refractivity contribution < 1.29 is 9.90 Å². The van der Waals surface area contributed by atoms with E-state index in [1.54, 1.807) is 12.3 Å². The number of nitrogens with zero attached hydrogens (tertiary/aromatic N) is 1. The number of aromatic amines is 1. The second-order valence-electron chi connectivity index (χ2n) is 2.81. The van der Waals surface area contributed by atoms with Crippen molar-refractivity contribution in [3.8, 4) is 0 Å². The number of aliphatic carboxylic acids is 1. The average molecular weight is 176 g/mol. The molecule has 0 saturated heterocycles. The molecule has 2 heterocycles. The van der Waals surface area contributed by atoms with Crippen molar-refractivity contribution in [3.63, 3.8) is 0 Å². The van der Waals surface area contributed by atoms with Crippen molar-refractivity contribution in [2.24, 2.45) is 0 Å². The monoisotopic (exact) mass is 176 g/mol. The van der Waals surface area contributed by atoms with E-state index in [4.69, 9.17) is 5.11 Å². The van der Waals surface area contributed by atoms with Crippen molar-refractivity contribution in [2.75, 3.05) is 0 Å². The van der Waals surface area contributed by atoms with Crippen molar-refractivity contribution in [3.05, 3.63) is 30.1 Å². The van der Waals surface area contributed by atoms with E-state index in [-0.39, 0.29) is 6.42 Å². The third-order valence-corrected chi connectivity index (χ3v) is 1.79. The molecule has 0 radical (unpaired) electrons. The van der Waals surface area contributed by atoms with Crippen LogP contribution in [0.1, 0.15) is 5.69 Å². The Morgan fingerprint density at radius 1 is 1.62 bits per heavy atom. The molecule has 13 heavy (non-hydrogen) atoms. The summed E-state index contributed by atoms with van der Waals surface area (Å²) in [6.07, 6.45) is 1.68. The minimum atomic E-state index is -0.841. The maximum Gasteiger partial charge on any atom is 0.309 e. The molecule has 0 aliphatic rings. The van der Waals surface area contributed by atoms with Gasteiger partial charge in [-0.25, -0.2) is 4.98 Å². The molecule has 2 N–H and O–H groups in total. The molecule has 0 fully saturated rings. The van der Waals surface area contributed by atoms with E-state index in [0.717, 1.165) is 11.0 Å². The van der Waals surface area contributed by atoms with Gasteiger partial charge in [0, 0.05) is 17.3 Å². The fourth-order valence-electron chi connectivity index (χ4n) is 1.27. The van der Waals surface area contributed by atoms with Crippen LogP contribution in [0.4, 0.5) is 0 Å². The third-order valence-electron chi connectivity index (χ3n) is 1.79. The fraction of sp³-hybridized carbons (Fsp3) is 0.111. The number of pyridine rings is 1. The number of hydrogen-bond acceptors (Lipinski definition) is 2. The van der Waals surface area contributed by atoms with Crippen LogP contribution in [0.25, 0.3) is 11.0 Å². The number of carboxylic acid groups (broad SMARTS) is 1. The Balaban J connectivity index is 2.44. The quantitative estimate of drug-likeness (QED) is 0.722. The molecule has 2 rings (SSSR count). The Morgan fingerprint density at radius 3 is 3.15 bits per heavy atom. The van der Waals surface area contributed by atoms with Crippen molar-refractivity contribution in [1.29, 1.82) is 0 Å². The highest BCUT2D eigenvalue weighted by Gasteiger charge is 2.04. The second-order valence-corrected chi connectivity index (χ2v) is 2.81. The lowest BCUT2D eigenvalue weighted by Gasteiger charge is -1.87. The molecule has 0 aliphatic heterocycles. The highest BCUT2D eigenvalue weighted by molar-refractivity contribution is 5.78. The number of H-pyrrole nitrogens is 1. The highest BCUT2D eigenvalue weighted by atomic mass is 16.4. The summed E-state index contributed by atoms with van der Waals surface area (Å²) in [5.74, 6) is -0.841. The normalized spacial score (nSPS) is 10.5. The van der Waals surface area contributed by atoms with Gasteiger partial charge in [0.1, 0.15) is 5.65 Å². The zero-order valence-electron chi connectivity index (χ0n) is 6.82. The summed E-state index contributed by atoms with van der Waals surface area (Å²) in [6, 6.07) is 5.52. The van der Waals surface area contributed by atoms with Crippen molar-refractivity contribution in [2.45, 2.75) is 6.42 Å². The van der Waals surface area contributed by atoms with Crippen LogP contribution in [-0.4, -0.2) is 21.0 Å². The van der Waals surface area contributed by atoms with Gasteiger partial charge in [0.2, 0.25) is 0 Å². The molecular weight excluding hydrogens is 168 g/mol. The van der Waals surface area contributed by atoms with Gasteiger partial charge in [0.05, 0.1) is 6.42 Å². The van der Waals surface area contributed by atoms with Crippen LogP contribution in [0.3, 0.4) is 0 Å². The summed E-state index contributed by atoms with van der Waals surface area (Å²) in [4.78, 5) is 17.4. The molecule has 0 unspecified atom stereocenters. The lowest BCUT2D eigenvalue weighted by atomic mass is 10.3. The summed E-state index contributed by atoms with van der Waals surface area (Å²) in [5, 5.41) is 9.49. The predicted octanol–water partition coefficient (Wildman–Crippen LogP) is 1.19. The number of nitrogens with one attached hydrogen (secondary N) is 1. The third kappa shape index (κ3) is 1.51. The molecule has 4 heteroatoms. The fourth-order valence-corrected chi connectivity index (χ4v) is 1.27. The van der Waals surface area contributed by atoms with Gasteiger partial charge < -0.3 is 10.1 Å². The van der Waals surface area contributed by atoms with Crippen LogP contribution < -0.4 is 0 Å². The molecule has 0 aliphatic carbocycles. The summed E-state index contributed by atoms with van der Waals surface area (Å²) in [6.45, 7) is 0. The van der Waals surface area contributed by atoms with Crippen molar-refractivity contribution in [1.82, 2.24) is 9.97 Å². The van der Waals surface area contributed by atoms with Crippen molar-refractivity contribution >= 4 is 17.0 Å². The summed E-state index contributed by atoms with van der Waals surface area (Å²) in [7, 11) is 0. The predicted molar refractivity (Wildman–Crippen MR) is 47.4 cm³/mol. The van der Waals surface area contributed by atoms with Gasteiger partial charge in [-0.05, 0) is 18.2 Å². The maximum absolute atomic E-state index is 10.4. The standard InChI is InChI=1S/C9H8N2O2/c12-8(13)5-7-4-6-2-1-3-10-9(6)11-7/h1-4H,5H2,(H,10,11)(H,12,13).